The lowest BCUT2D eigenvalue weighted by atomic mass is 10.0. The van der Waals surface area contributed by atoms with Crippen molar-refractivity contribution < 1.29 is 0 Å². The van der Waals surface area contributed by atoms with Gasteiger partial charge in [0.25, 0.3) is 0 Å². The summed E-state index contributed by atoms with van der Waals surface area (Å²) in [6, 6.07) is 4.15. The first kappa shape index (κ1) is 16.8. The van der Waals surface area contributed by atoms with Crippen LogP contribution in [0.5, 0.6) is 0 Å². The summed E-state index contributed by atoms with van der Waals surface area (Å²) in [5, 5.41) is 0.845. The smallest absolute Gasteiger partial charge is 0.194 e. The van der Waals surface area contributed by atoms with Crippen LogP contribution in [0.25, 0.3) is 10.9 Å². The maximum Gasteiger partial charge on any atom is 0.194 e. The van der Waals surface area contributed by atoms with Gasteiger partial charge in [-0.1, -0.05) is 26.3 Å². The highest BCUT2D eigenvalue weighted by atomic mass is 16.1. The SMILES string of the molecule is CCCCN(CC)Cc1c(C)[nH]c2cc(C)cc(C)c2c1=O. The molecule has 0 fully saturated rings. The molecule has 120 valence electrons. The van der Waals surface area contributed by atoms with E-state index in [9.17, 15) is 4.79 Å². The molecule has 0 radical (unpaired) electrons. The van der Waals surface area contributed by atoms with E-state index in [0.717, 1.165) is 47.4 Å². The van der Waals surface area contributed by atoms with E-state index in [1.54, 1.807) is 0 Å². The Morgan fingerprint density at radius 3 is 2.50 bits per heavy atom. The van der Waals surface area contributed by atoms with Gasteiger partial charge in [0.05, 0.1) is 5.52 Å². The Balaban J connectivity index is 2.48. The summed E-state index contributed by atoms with van der Waals surface area (Å²) in [4.78, 5) is 18.8. The molecule has 0 spiro atoms. The number of H-pyrrole nitrogens is 1. The Kier molecular flexibility index (Phi) is 5.41. The third kappa shape index (κ3) is 3.41. The summed E-state index contributed by atoms with van der Waals surface area (Å²) >= 11 is 0. The molecule has 3 heteroatoms. The van der Waals surface area contributed by atoms with Crippen LogP contribution in [-0.2, 0) is 6.54 Å². The summed E-state index contributed by atoms with van der Waals surface area (Å²) < 4.78 is 0. The van der Waals surface area contributed by atoms with Crippen molar-refractivity contribution in [3.8, 4) is 0 Å². The van der Waals surface area contributed by atoms with Gasteiger partial charge in [0, 0.05) is 23.2 Å². The van der Waals surface area contributed by atoms with E-state index in [0.29, 0.717) is 0 Å². The van der Waals surface area contributed by atoms with Gasteiger partial charge < -0.3 is 4.98 Å². The fourth-order valence-electron chi connectivity index (χ4n) is 3.11. The van der Waals surface area contributed by atoms with Gasteiger partial charge >= 0.3 is 0 Å². The van der Waals surface area contributed by atoms with Crippen LogP contribution in [-0.4, -0.2) is 23.0 Å². The molecule has 1 aromatic heterocycles. The van der Waals surface area contributed by atoms with Crippen molar-refractivity contribution in [1.82, 2.24) is 9.88 Å². The molecule has 0 saturated heterocycles. The molecule has 0 unspecified atom stereocenters. The van der Waals surface area contributed by atoms with Gasteiger partial charge in [-0.25, -0.2) is 0 Å². The van der Waals surface area contributed by atoms with E-state index in [4.69, 9.17) is 0 Å². The van der Waals surface area contributed by atoms with Crippen LogP contribution in [0.4, 0.5) is 0 Å². The molecule has 2 rings (SSSR count). The third-order valence-electron chi connectivity index (χ3n) is 4.41. The standard InChI is InChI=1S/C19H28N2O/c1-6-8-9-21(7-2)12-16-15(5)20-17-11-13(3)10-14(4)18(17)19(16)22/h10-11H,6-9,12H2,1-5H3,(H,20,22). The maximum atomic E-state index is 13.0. The first-order valence-corrected chi connectivity index (χ1v) is 8.33. The van der Waals surface area contributed by atoms with Crippen molar-refractivity contribution in [2.75, 3.05) is 13.1 Å². The lowest BCUT2D eigenvalue weighted by Crippen LogP contribution is -2.28. The van der Waals surface area contributed by atoms with Crippen molar-refractivity contribution in [1.29, 1.82) is 0 Å². The van der Waals surface area contributed by atoms with Crippen molar-refractivity contribution in [3.63, 3.8) is 0 Å². The lowest BCUT2D eigenvalue weighted by molar-refractivity contribution is 0.274. The van der Waals surface area contributed by atoms with Crippen molar-refractivity contribution >= 4 is 10.9 Å². The second kappa shape index (κ2) is 7.10. The van der Waals surface area contributed by atoms with Gasteiger partial charge in [-0.15, -0.1) is 0 Å². The van der Waals surface area contributed by atoms with Crippen LogP contribution >= 0.6 is 0 Å². The molecule has 0 aliphatic rings. The van der Waals surface area contributed by atoms with E-state index < -0.39 is 0 Å². The average Bonchev–Trinajstić information content (AvgIpc) is 2.45. The predicted octanol–water partition coefficient (Wildman–Crippen LogP) is 4.08. The highest BCUT2D eigenvalue weighted by molar-refractivity contribution is 5.83. The van der Waals surface area contributed by atoms with Gasteiger partial charge in [-0.05, 0) is 57.5 Å². The Labute approximate surface area is 133 Å². The zero-order chi connectivity index (χ0) is 16.3. The second-order valence-electron chi connectivity index (χ2n) is 6.28. The Hall–Kier alpha value is -1.61. The minimum Gasteiger partial charge on any atom is -0.358 e. The number of hydrogen-bond donors (Lipinski definition) is 1. The predicted molar refractivity (Wildman–Crippen MR) is 94.6 cm³/mol. The highest BCUT2D eigenvalue weighted by Gasteiger charge is 2.14. The number of rotatable bonds is 6. The first-order valence-electron chi connectivity index (χ1n) is 8.33. The van der Waals surface area contributed by atoms with Crippen LogP contribution in [0, 0.1) is 20.8 Å². The van der Waals surface area contributed by atoms with Crippen LogP contribution in [0.15, 0.2) is 16.9 Å². The van der Waals surface area contributed by atoms with Crippen molar-refractivity contribution in [2.24, 2.45) is 0 Å². The van der Waals surface area contributed by atoms with E-state index in [2.05, 4.69) is 42.8 Å². The molecule has 1 heterocycles. The molecule has 1 N–H and O–H groups in total. The zero-order valence-electron chi connectivity index (χ0n) is 14.5. The number of aromatic nitrogens is 1. The first-order chi connectivity index (χ1) is 10.5. The maximum absolute atomic E-state index is 13.0. The Bertz CT molecular complexity index is 715. The molecular formula is C19H28N2O. The fourth-order valence-corrected chi connectivity index (χ4v) is 3.11. The average molecular weight is 300 g/mol. The monoisotopic (exact) mass is 300 g/mol. The van der Waals surface area contributed by atoms with Crippen LogP contribution < -0.4 is 5.43 Å². The number of fused-ring (bicyclic) bond motifs is 1. The normalized spacial score (nSPS) is 11.5. The number of unbranched alkanes of at least 4 members (excludes halogenated alkanes) is 1. The summed E-state index contributed by atoms with van der Waals surface area (Å²) in [5.74, 6) is 0. The van der Waals surface area contributed by atoms with Crippen molar-refractivity contribution in [2.45, 2.75) is 54.0 Å². The molecule has 2 aromatic rings. The molecule has 0 aliphatic carbocycles. The third-order valence-corrected chi connectivity index (χ3v) is 4.41. The number of pyridine rings is 1. The number of benzene rings is 1. The molecule has 0 bridgehead atoms. The quantitative estimate of drug-likeness (QED) is 0.872. The summed E-state index contributed by atoms with van der Waals surface area (Å²) in [5.41, 5.74) is 5.31. The van der Waals surface area contributed by atoms with Gasteiger partial charge in [-0.2, -0.15) is 0 Å². The topological polar surface area (TPSA) is 36.1 Å². The summed E-state index contributed by atoms with van der Waals surface area (Å²) in [7, 11) is 0. The second-order valence-corrected chi connectivity index (χ2v) is 6.28. The molecule has 0 atom stereocenters. The molecule has 22 heavy (non-hydrogen) atoms. The van der Waals surface area contributed by atoms with Crippen molar-refractivity contribution in [3.05, 3.63) is 44.7 Å². The Morgan fingerprint density at radius 1 is 1.14 bits per heavy atom. The zero-order valence-corrected chi connectivity index (χ0v) is 14.5. The van der Waals surface area contributed by atoms with E-state index in [-0.39, 0.29) is 5.43 Å². The van der Waals surface area contributed by atoms with Crippen LogP contribution in [0.3, 0.4) is 0 Å². The molecule has 1 aromatic carbocycles. The minimum atomic E-state index is 0.193. The van der Waals surface area contributed by atoms with Gasteiger partial charge in [-0.3, -0.25) is 9.69 Å². The molecule has 0 amide bonds. The van der Waals surface area contributed by atoms with Gasteiger partial charge in [0.15, 0.2) is 5.43 Å². The van der Waals surface area contributed by atoms with Crippen LogP contribution in [0.2, 0.25) is 0 Å². The van der Waals surface area contributed by atoms with E-state index >= 15 is 0 Å². The highest BCUT2D eigenvalue weighted by Crippen LogP contribution is 2.18. The lowest BCUT2D eigenvalue weighted by Gasteiger charge is -2.21. The van der Waals surface area contributed by atoms with E-state index in [1.165, 1.54) is 18.4 Å². The number of hydrogen-bond acceptors (Lipinski definition) is 2. The summed E-state index contributed by atoms with van der Waals surface area (Å²) in [6.07, 6.45) is 2.36. The molecule has 0 saturated carbocycles. The minimum absolute atomic E-state index is 0.193. The molecular weight excluding hydrogens is 272 g/mol. The number of nitrogens with zero attached hydrogens (tertiary/aromatic N) is 1. The van der Waals surface area contributed by atoms with Gasteiger partial charge in [0.2, 0.25) is 0 Å². The number of nitrogens with one attached hydrogen (secondary N) is 1. The largest absolute Gasteiger partial charge is 0.358 e. The number of aromatic amines is 1. The van der Waals surface area contributed by atoms with E-state index in [1.807, 2.05) is 13.8 Å². The summed E-state index contributed by atoms with van der Waals surface area (Å²) in [6.45, 7) is 13.2. The Morgan fingerprint density at radius 2 is 1.86 bits per heavy atom. The fraction of sp³-hybridized carbons (Fsp3) is 0.526. The van der Waals surface area contributed by atoms with Crippen LogP contribution in [0.1, 0.15) is 49.1 Å². The molecule has 3 nitrogen and oxygen atoms in total. The van der Waals surface area contributed by atoms with Gasteiger partial charge in [0.1, 0.15) is 0 Å². The molecule has 0 aliphatic heterocycles. The number of aryl methyl sites for hydroxylation is 3.